The first-order valence-corrected chi connectivity index (χ1v) is 4.68. The number of hydrogen-bond acceptors (Lipinski definition) is 2. The molecule has 1 N–H and O–H groups in total. The maximum atomic E-state index is 10.9. The van der Waals surface area contributed by atoms with Gasteiger partial charge in [-0.3, -0.25) is 4.79 Å². The van der Waals surface area contributed by atoms with Gasteiger partial charge >= 0.3 is 0 Å². The molecule has 0 amide bonds. The number of nitrogens with one attached hydrogen (secondary N) is 1. The number of alkyl halides is 1. The Bertz CT molecular complexity index is 281. The smallest absolute Gasteiger partial charge is 0.159 e. The number of carbonyl (C=O) groups is 1. The lowest BCUT2D eigenvalue weighted by atomic mass is 10.1. The number of carbonyl (C=O) groups excluding carboxylic acids is 1. The van der Waals surface area contributed by atoms with Crippen LogP contribution in [0.1, 0.15) is 17.3 Å². The fourth-order valence-corrected chi connectivity index (χ4v) is 1.11. The van der Waals surface area contributed by atoms with E-state index in [9.17, 15) is 4.79 Å². The maximum absolute atomic E-state index is 10.9. The van der Waals surface area contributed by atoms with Gasteiger partial charge < -0.3 is 5.32 Å². The number of halogens is 1. The maximum Gasteiger partial charge on any atom is 0.159 e. The van der Waals surface area contributed by atoms with Gasteiger partial charge in [0.1, 0.15) is 0 Å². The third-order valence-electron chi connectivity index (χ3n) is 1.72. The highest BCUT2D eigenvalue weighted by Crippen LogP contribution is 2.09. The van der Waals surface area contributed by atoms with Crippen molar-refractivity contribution in [3.63, 3.8) is 0 Å². The van der Waals surface area contributed by atoms with E-state index in [-0.39, 0.29) is 5.78 Å². The van der Waals surface area contributed by atoms with Crippen LogP contribution in [0.2, 0.25) is 0 Å². The first-order chi connectivity index (χ1) is 6.24. The van der Waals surface area contributed by atoms with Crippen molar-refractivity contribution < 1.29 is 4.79 Å². The van der Waals surface area contributed by atoms with Gasteiger partial charge in [-0.1, -0.05) is 0 Å². The van der Waals surface area contributed by atoms with Crippen molar-refractivity contribution in [3.8, 4) is 0 Å². The molecule has 1 aromatic carbocycles. The fraction of sp³-hybridized carbons (Fsp3) is 0.300. The minimum atomic E-state index is 0.0869. The summed E-state index contributed by atoms with van der Waals surface area (Å²) in [6.45, 7) is 2.29. The zero-order chi connectivity index (χ0) is 9.68. The monoisotopic (exact) mass is 197 g/mol. The number of rotatable bonds is 4. The number of benzene rings is 1. The van der Waals surface area contributed by atoms with Crippen molar-refractivity contribution >= 4 is 23.1 Å². The molecule has 0 heterocycles. The molecule has 1 aromatic rings. The Morgan fingerprint density at radius 3 is 2.46 bits per heavy atom. The highest BCUT2D eigenvalue weighted by Gasteiger charge is 1.97. The van der Waals surface area contributed by atoms with Gasteiger partial charge in [0, 0.05) is 23.7 Å². The minimum Gasteiger partial charge on any atom is -0.384 e. The summed E-state index contributed by atoms with van der Waals surface area (Å²) in [6, 6.07) is 7.37. The molecule has 0 aliphatic rings. The van der Waals surface area contributed by atoms with E-state index < -0.39 is 0 Å². The first-order valence-electron chi connectivity index (χ1n) is 4.15. The van der Waals surface area contributed by atoms with Gasteiger partial charge in [-0.05, 0) is 31.2 Å². The number of Topliss-reactive ketones (excluding diaryl/α,β-unsaturated/α-hetero) is 1. The van der Waals surface area contributed by atoms with Crippen LogP contribution in [0.15, 0.2) is 24.3 Å². The summed E-state index contributed by atoms with van der Waals surface area (Å²) in [5.74, 6) is 0.665. The van der Waals surface area contributed by atoms with Crippen molar-refractivity contribution in [2.24, 2.45) is 0 Å². The van der Waals surface area contributed by atoms with E-state index in [0.29, 0.717) is 5.88 Å². The average Bonchev–Trinajstić information content (AvgIpc) is 2.15. The van der Waals surface area contributed by atoms with Crippen molar-refractivity contribution in [2.75, 3.05) is 17.7 Å². The molecule has 0 radical (unpaired) electrons. The molecule has 70 valence electrons. The fourth-order valence-electron chi connectivity index (χ4n) is 1.01. The van der Waals surface area contributed by atoms with Gasteiger partial charge in [-0.2, -0.15) is 0 Å². The van der Waals surface area contributed by atoms with Crippen molar-refractivity contribution in [1.29, 1.82) is 0 Å². The van der Waals surface area contributed by atoms with Crippen LogP contribution in [0.4, 0.5) is 5.69 Å². The van der Waals surface area contributed by atoms with Crippen LogP contribution in [-0.2, 0) is 0 Å². The van der Waals surface area contributed by atoms with Crippen LogP contribution in [-0.4, -0.2) is 18.2 Å². The van der Waals surface area contributed by atoms with Crippen LogP contribution in [0.25, 0.3) is 0 Å². The van der Waals surface area contributed by atoms with E-state index in [4.69, 9.17) is 11.6 Å². The lowest BCUT2D eigenvalue weighted by molar-refractivity contribution is 0.101. The summed E-state index contributed by atoms with van der Waals surface area (Å²) in [4.78, 5) is 10.9. The number of hydrogen-bond donors (Lipinski definition) is 1. The topological polar surface area (TPSA) is 29.1 Å². The molecule has 0 bridgehead atoms. The van der Waals surface area contributed by atoms with E-state index >= 15 is 0 Å². The Morgan fingerprint density at radius 1 is 1.38 bits per heavy atom. The summed E-state index contributed by atoms with van der Waals surface area (Å²) < 4.78 is 0. The van der Waals surface area contributed by atoms with Crippen LogP contribution in [0.5, 0.6) is 0 Å². The van der Waals surface area contributed by atoms with Crippen molar-refractivity contribution in [3.05, 3.63) is 29.8 Å². The molecule has 0 fully saturated rings. The van der Waals surface area contributed by atoms with E-state index in [1.807, 2.05) is 12.1 Å². The Kier molecular flexibility index (Phi) is 3.77. The zero-order valence-corrected chi connectivity index (χ0v) is 8.27. The second kappa shape index (κ2) is 4.87. The zero-order valence-electron chi connectivity index (χ0n) is 7.51. The molecule has 13 heavy (non-hydrogen) atoms. The van der Waals surface area contributed by atoms with Gasteiger partial charge in [0.05, 0.1) is 0 Å². The Hall–Kier alpha value is -1.02. The van der Waals surface area contributed by atoms with Gasteiger partial charge in [0.2, 0.25) is 0 Å². The van der Waals surface area contributed by atoms with Crippen LogP contribution in [0.3, 0.4) is 0 Å². The molecule has 0 aromatic heterocycles. The van der Waals surface area contributed by atoms with E-state index in [1.54, 1.807) is 19.1 Å². The first kappa shape index (κ1) is 10.1. The molecule has 0 saturated heterocycles. The highest BCUT2D eigenvalue weighted by atomic mass is 35.5. The standard InChI is InChI=1S/C10H12ClNO/c1-8(13)9-2-4-10(5-3-9)12-7-6-11/h2-5,12H,6-7H2,1H3. The number of ketones is 1. The number of anilines is 1. The third-order valence-corrected chi connectivity index (χ3v) is 1.90. The normalized spacial score (nSPS) is 9.69. The van der Waals surface area contributed by atoms with Crippen molar-refractivity contribution in [1.82, 2.24) is 0 Å². The van der Waals surface area contributed by atoms with Gasteiger partial charge in [0.15, 0.2) is 5.78 Å². The molecule has 0 spiro atoms. The van der Waals surface area contributed by atoms with Gasteiger partial charge in [-0.25, -0.2) is 0 Å². The van der Waals surface area contributed by atoms with E-state index in [1.165, 1.54) is 0 Å². The summed E-state index contributed by atoms with van der Waals surface area (Å²) >= 11 is 5.52. The molecule has 0 saturated carbocycles. The molecule has 3 heteroatoms. The highest BCUT2D eigenvalue weighted by molar-refractivity contribution is 6.18. The molecular weight excluding hydrogens is 186 g/mol. The SMILES string of the molecule is CC(=O)c1ccc(NCCCl)cc1. The third kappa shape index (κ3) is 3.07. The molecule has 0 atom stereocenters. The summed E-state index contributed by atoms with van der Waals surface area (Å²) in [5.41, 5.74) is 1.72. The Morgan fingerprint density at radius 2 is 2.00 bits per heavy atom. The van der Waals surface area contributed by atoms with E-state index in [0.717, 1.165) is 17.8 Å². The Labute approximate surface area is 82.9 Å². The molecule has 0 aliphatic carbocycles. The molecule has 1 rings (SSSR count). The summed E-state index contributed by atoms with van der Waals surface area (Å²) in [7, 11) is 0. The van der Waals surface area contributed by atoms with Crippen LogP contribution < -0.4 is 5.32 Å². The average molecular weight is 198 g/mol. The summed E-state index contributed by atoms with van der Waals surface area (Å²) in [6.07, 6.45) is 0. The van der Waals surface area contributed by atoms with Crippen LogP contribution in [0, 0.1) is 0 Å². The minimum absolute atomic E-state index is 0.0869. The quantitative estimate of drug-likeness (QED) is 0.594. The second-order valence-corrected chi connectivity index (χ2v) is 3.13. The predicted molar refractivity (Wildman–Crippen MR) is 55.7 cm³/mol. The molecule has 0 unspecified atom stereocenters. The van der Waals surface area contributed by atoms with Crippen molar-refractivity contribution in [2.45, 2.75) is 6.92 Å². The summed E-state index contributed by atoms with van der Waals surface area (Å²) in [5, 5.41) is 3.12. The van der Waals surface area contributed by atoms with Gasteiger partial charge in [0.25, 0.3) is 0 Å². The molecular formula is C10H12ClNO. The predicted octanol–water partition coefficient (Wildman–Crippen LogP) is 2.54. The second-order valence-electron chi connectivity index (χ2n) is 2.75. The molecule has 2 nitrogen and oxygen atoms in total. The largest absolute Gasteiger partial charge is 0.384 e. The van der Waals surface area contributed by atoms with Gasteiger partial charge in [-0.15, -0.1) is 11.6 Å². The van der Waals surface area contributed by atoms with Crippen LogP contribution >= 0.6 is 11.6 Å². The van der Waals surface area contributed by atoms with E-state index in [2.05, 4.69) is 5.32 Å². The molecule has 0 aliphatic heterocycles. The lowest BCUT2D eigenvalue weighted by Crippen LogP contribution is -2.02. The Balaban J connectivity index is 2.64. The lowest BCUT2D eigenvalue weighted by Gasteiger charge is -2.03.